The van der Waals surface area contributed by atoms with Gasteiger partial charge in [-0.15, -0.1) is 0 Å². The molecule has 2 aliphatic rings. The van der Waals surface area contributed by atoms with Gasteiger partial charge in [-0.1, -0.05) is 53.5 Å². The number of carbonyl (C=O) groups excluding carboxylic acids is 1. The fourth-order valence-electron chi connectivity index (χ4n) is 7.51. The molecule has 4 heterocycles. The molecule has 0 unspecified atom stereocenters. The highest BCUT2D eigenvalue weighted by atomic mass is 35.5. The topological polar surface area (TPSA) is 133 Å². The van der Waals surface area contributed by atoms with Crippen molar-refractivity contribution in [3.63, 3.8) is 0 Å². The van der Waals surface area contributed by atoms with Crippen LogP contribution in [0.1, 0.15) is 55.6 Å². The first-order chi connectivity index (χ1) is 25.9. The fraction of sp³-hybridized carbons (Fsp3) is 0.368. The number of aromatic nitrogens is 5. The Balaban J connectivity index is 1.22. The summed E-state index contributed by atoms with van der Waals surface area (Å²) < 4.78 is 40.8. The smallest absolute Gasteiger partial charge is 0.332 e. The largest absolute Gasteiger partial charge is 0.481 e. The SMILES string of the molecule is CCOC(=O)C1CCN([C@@H]2CCc3cc(-c4cccc(-c5cccc(Nc6nc(C(F)F)nc7c6c(=O)n(C)c(=O)n7C)c5Cl)c4Cl)nc(OC)c32)CC1. The molecule has 0 saturated carbocycles. The fourth-order valence-corrected chi connectivity index (χ4v) is 8.11. The Morgan fingerprint density at radius 2 is 1.65 bits per heavy atom. The number of aryl methyl sites for hydroxylation is 2. The molecule has 1 N–H and O–H groups in total. The van der Waals surface area contributed by atoms with Gasteiger partial charge in [-0.2, -0.15) is 0 Å². The second kappa shape index (κ2) is 15.1. The van der Waals surface area contributed by atoms with Crippen LogP contribution in [-0.2, 0) is 30.0 Å². The monoisotopic (exact) mass is 779 g/mol. The van der Waals surface area contributed by atoms with E-state index in [9.17, 15) is 23.2 Å². The summed E-state index contributed by atoms with van der Waals surface area (Å²) in [6.45, 7) is 3.76. The summed E-state index contributed by atoms with van der Waals surface area (Å²) in [4.78, 5) is 53.2. The van der Waals surface area contributed by atoms with E-state index in [1.54, 1.807) is 31.4 Å². The maximum atomic E-state index is 13.9. The molecule has 0 spiro atoms. The summed E-state index contributed by atoms with van der Waals surface area (Å²) >= 11 is 14.1. The molecule has 5 aromatic rings. The van der Waals surface area contributed by atoms with Crippen molar-refractivity contribution < 1.29 is 23.0 Å². The predicted octanol–water partition coefficient (Wildman–Crippen LogP) is 7.02. The van der Waals surface area contributed by atoms with E-state index in [1.165, 1.54) is 14.1 Å². The zero-order valence-corrected chi connectivity index (χ0v) is 31.5. The van der Waals surface area contributed by atoms with E-state index in [2.05, 4.69) is 20.2 Å². The standard InChI is InChI=1S/C38H37Cl2F2N7O5/c1-5-54-37(51)19-14-16-49(17-15-19)26-13-12-20-18-25(44-35(53-4)27(20)26)23-10-6-8-21(29(23)39)22-9-7-11-24(30(22)40)43-32-28-34(46-33(45-32)31(41)42)47(2)38(52)48(3)36(28)50/h6-11,18-19,26,31H,5,12-17H2,1-4H3,(H,43,45,46)/t26-/m1/s1. The number of rotatable bonds is 9. The van der Waals surface area contributed by atoms with Crippen molar-refractivity contribution in [1.29, 1.82) is 0 Å². The molecular formula is C38H37Cl2F2N7O5. The summed E-state index contributed by atoms with van der Waals surface area (Å²) in [5.74, 6) is -0.785. The van der Waals surface area contributed by atoms with Gasteiger partial charge in [0.25, 0.3) is 12.0 Å². The molecule has 0 bridgehead atoms. The lowest BCUT2D eigenvalue weighted by Gasteiger charge is -2.35. The van der Waals surface area contributed by atoms with Crippen LogP contribution in [0.2, 0.25) is 10.0 Å². The van der Waals surface area contributed by atoms with Gasteiger partial charge >= 0.3 is 11.7 Å². The summed E-state index contributed by atoms with van der Waals surface area (Å²) in [5, 5.41) is 3.34. The van der Waals surface area contributed by atoms with E-state index in [1.807, 2.05) is 25.1 Å². The van der Waals surface area contributed by atoms with E-state index in [4.69, 9.17) is 37.7 Å². The van der Waals surface area contributed by atoms with Crippen LogP contribution in [0.15, 0.2) is 52.1 Å². The molecule has 1 atom stereocenters. The number of methoxy groups -OCH3 is 1. The van der Waals surface area contributed by atoms with Crippen molar-refractivity contribution in [3.8, 4) is 28.3 Å². The summed E-state index contributed by atoms with van der Waals surface area (Å²) in [6.07, 6.45) is 0.124. The molecule has 1 aliphatic carbocycles. The van der Waals surface area contributed by atoms with Crippen LogP contribution in [0, 0.1) is 5.92 Å². The van der Waals surface area contributed by atoms with Crippen LogP contribution >= 0.6 is 23.2 Å². The second-order valence-electron chi connectivity index (χ2n) is 13.3. The number of ether oxygens (including phenoxy) is 2. The Hall–Kier alpha value is -4.92. The lowest BCUT2D eigenvalue weighted by molar-refractivity contribution is -0.149. The number of likely N-dealkylation sites (tertiary alicyclic amines) is 1. The minimum Gasteiger partial charge on any atom is -0.481 e. The maximum Gasteiger partial charge on any atom is 0.332 e. The van der Waals surface area contributed by atoms with Crippen LogP contribution < -0.4 is 21.3 Å². The van der Waals surface area contributed by atoms with E-state index >= 15 is 0 Å². The van der Waals surface area contributed by atoms with E-state index in [0.717, 1.165) is 59.0 Å². The van der Waals surface area contributed by atoms with Crippen molar-refractivity contribution >= 4 is 51.7 Å². The molecule has 12 nitrogen and oxygen atoms in total. The number of hydrogen-bond donors (Lipinski definition) is 1. The number of piperidine rings is 1. The molecule has 0 amide bonds. The number of nitrogens with one attached hydrogen (secondary N) is 1. The van der Waals surface area contributed by atoms with Crippen LogP contribution in [0.3, 0.4) is 0 Å². The Bertz CT molecular complexity index is 2410. The number of carbonyl (C=O) groups is 1. The third-order valence-corrected chi connectivity index (χ3v) is 11.1. The van der Waals surface area contributed by atoms with Gasteiger partial charge in [-0.05, 0) is 63.4 Å². The van der Waals surface area contributed by atoms with E-state index in [0.29, 0.717) is 39.9 Å². The highest BCUT2D eigenvalue weighted by Gasteiger charge is 2.36. The van der Waals surface area contributed by atoms with Crippen LogP contribution in [0.25, 0.3) is 33.4 Å². The van der Waals surface area contributed by atoms with Crippen molar-refractivity contribution in [2.75, 3.05) is 32.1 Å². The zero-order chi connectivity index (χ0) is 38.4. The molecule has 54 heavy (non-hydrogen) atoms. The number of esters is 1. The van der Waals surface area contributed by atoms with Crippen molar-refractivity contribution in [1.82, 2.24) is 29.0 Å². The number of pyridine rings is 1. The number of alkyl halides is 2. The van der Waals surface area contributed by atoms with Crippen molar-refractivity contribution in [2.24, 2.45) is 20.0 Å². The highest BCUT2D eigenvalue weighted by molar-refractivity contribution is 6.39. The summed E-state index contributed by atoms with van der Waals surface area (Å²) in [7, 11) is 4.21. The van der Waals surface area contributed by atoms with Gasteiger partial charge in [0, 0.05) is 42.4 Å². The quantitative estimate of drug-likeness (QED) is 0.156. The highest BCUT2D eigenvalue weighted by Crippen LogP contribution is 2.46. The summed E-state index contributed by atoms with van der Waals surface area (Å²) in [6, 6.07) is 12.7. The number of nitrogens with zero attached hydrogens (tertiary/aromatic N) is 6. The molecule has 16 heteroatoms. The van der Waals surface area contributed by atoms with Crippen LogP contribution in [0.5, 0.6) is 5.88 Å². The van der Waals surface area contributed by atoms with Gasteiger partial charge in [-0.25, -0.2) is 28.5 Å². The molecular weight excluding hydrogens is 743 g/mol. The lowest BCUT2D eigenvalue weighted by atomic mass is 9.94. The number of benzene rings is 2. The Morgan fingerprint density at radius 1 is 0.963 bits per heavy atom. The Labute approximate surface area is 318 Å². The third-order valence-electron chi connectivity index (χ3n) is 10.2. The van der Waals surface area contributed by atoms with Gasteiger partial charge < -0.3 is 14.8 Å². The average Bonchev–Trinajstić information content (AvgIpc) is 3.61. The minimum absolute atomic E-state index is 0.0833. The molecule has 1 aliphatic heterocycles. The number of fused-ring (bicyclic) bond motifs is 2. The van der Waals surface area contributed by atoms with Crippen molar-refractivity contribution in [2.45, 2.75) is 45.1 Å². The molecule has 2 aromatic carbocycles. The Morgan fingerprint density at radius 3 is 2.33 bits per heavy atom. The maximum absolute atomic E-state index is 13.9. The van der Waals surface area contributed by atoms with Gasteiger partial charge in [0.15, 0.2) is 11.5 Å². The van der Waals surface area contributed by atoms with Gasteiger partial charge in [0.1, 0.15) is 11.2 Å². The number of hydrogen-bond acceptors (Lipinski definition) is 10. The van der Waals surface area contributed by atoms with Gasteiger partial charge in [0.2, 0.25) is 5.88 Å². The van der Waals surface area contributed by atoms with Gasteiger partial charge in [0.05, 0.1) is 41.1 Å². The number of halogens is 4. The lowest BCUT2D eigenvalue weighted by Crippen LogP contribution is -2.38. The first kappa shape index (κ1) is 37.4. The molecule has 3 aromatic heterocycles. The third kappa shape index (κ3) is 6.60. The first-order valence-electron chi connectivity index (χ1n) is 17.5. The molecule has 7 rings (SSSR count). The van der Waals surface area contributed by atoms with Gasteiger partial charge in [-0.3, -0.25) is 23.6 Å². The average molecular weight is 781 g/mol. The summed E-state index contributed by atoms with van der Waals surface area (Å²) in [5.41, 5.74) is 3.04. The molecule has 282 valence electrons. The minimum atomic E-state index is -3.08. The van der Waals surface area contributed by atoms with Crippen LogP contribution in [-0.4, -0.2) is 61.8 Å². The molecule has 0 radical (unpaired) electrons. The molecule has 1 saturated heterocycles. The van der Waals surface area contributed by atoms with E-state index in [-0.39, 0.29) is 45.5 Å². The zero-order valence-electron chi connectivity index (χ0n) is 30.0. The van der Waals surface area contributed by atoms with E-state index < -0.39 is 23.5 Å². The normalized spacial score (nSPS) is 16.2. The predicted molar refractivity (Wildman–Crippen MR) is 202 cm³/mol. The molecule has 1 fully saturated rings. The second-order valence-corrected chi connectivity index (χ2v) is 14.1. The first-order valence-corrected chi connectivity index (χ1v) is 18.3. The van der Waals surface area contributed by atoms with Crippen molar-refractivity contribution in [3.05, 3.63) is 90.3 Å². The van der Waals surface area contributed by atoms with Crippen LogP contribution in [0.4, 0.5) is 20.3 Å². The number of anilines is 2. The Kier molecular flexibility index (Phi) is 10.4.